The van der Waals surface area contributed by atoms with E-state index in [0.29, 0.717) is 32.7 Å². The first-order chi connectivity index (χ1) is 12.6. The quantitative estimate of drug-likeness (QED) is 0.689. The maximum Gasteiger partial charge on any atom is 0.236 e. The molecule has 0 unspecified atom stereocenters. The molecule has 2 aromatic heterocycles. The van der Waals surface area contributed by atoms with E-state index in [4.69, 9.17) is 9.47 Å². The lowest BCUT2D eigenvalue weighted by Crippen LogP contribution is -2.14. The van der Waals surface area contributed by atoms with Crippen LogP contribution < -0.4 is 14.8 Å². The van der Waals surface area contributed by atoms with Crippen LogP contribution in [0, 0.1) is 18.3 Å². The second kappa shape index (κ2) is 6.82. The Morgan fingerprint density at radius 2 is 2.15 bits per heavy atom. The number of hydrogen-bond donors (Lipinski definition) is 1. The fourth-order valence-corrected chi connectivity index (χ4v) is 3.90. The zero-order valence-corrected chi connectivity index (χ0v) is 15.2. The molecule has 0 atom stereocenters. The molecule has 26 heavy (non-hydrogen) atoms. The summed E-state index contributed by atoms with van der Waals surface area (Å²) in [7, 11) is 0. The lowest BCUT2D eigenvalue weighted by Gasteiger charge is -2.06. The number of nitrogens with one attached hydrogen (secondary N) is 1. The highest BCUT2D eigenvalue weighted by Crippen LogP contribution is 2.36. The van der Waals surface area contributed by atoms with Gasteiger partial charge in [-0.3, -0.25) is 4.79 Å². The van der Waals surface area contributed by atoms with Crippen molar-refractivity contribution in [1.82, 2.24) is 9.97 Å². The lowest BCUT2D eigenvalue weighted by atomic mass is 10.1. The highest BCUT2D eigenvalue weighted by atomic mass is 32.2. The monoisotopic (exact) mass is 384 g/mol. The van der Waals surface area contributed by atoms with Gasteiger partial charge in [-0.25, -0.2) is 9.97 Å². The summed E-state index contributed by atoms with van der Waals surface area (Å²) >= 11 is 2.59. The number of pyridine rings is 1. The number of aromatic nitrogens is 2. The van der Waals surface area contributed by atoms with Gasteiger partial charge in [0.2, 0.25) is 12.7 Å². The van der Waals surface area contributed by atoms with Crippen molar-refractivity contribution in [2.75, 3.05) is 17.9 Å². The van der Waals surface area contributed by atoms with Crippen molar-refractivity contribution in [1.29, 1.82) is 5.26 Å². The third-order valence-corrected chi connectivity index (χ3v) is 5.47. The predicted octanol–water partition coefficient (Wildman–Crippen LogP) is 3.33. The van der Waals surface area contributed by atoms with E-state index in [1.807, 2.05) is 12.3 Å². The van der Waals surface area contributed by atoms with Crippen LogP contribution in [0.3, 0.4) is 0 Å². The van der Waals surface area contributed by atoms with Crippen LogP contribution in [0.25, 0.3) is 10.9 Å². The van der Waals surface area contributed by atoms with E-state index >= 15 is 0 Å². The topological polar surface area (TPSA) is 97.1 Å². The van der Waals surface area contributed by atoms with Crippen LogP contribution >= 0.6 is 23.1 Å². The minimum atomic E-state index is -0.194. The SMILES string of the molecule is Cc1csc(NC(=O)CSc2nc3cc4c(cc3cc2C#N)OCO4)n1. The Bertz CT molecular complexity index is 1060. The molecule has 7 nitrogen and oxygen atoms in total. The van der Waals surface area contributed by atoms with Crippen LogP contribution in [0.15, 0.2) is 28.6 Å². The number of anilines is 1. The molecule has 1 N–H and O–H groups in total. The Morgan fingerprint density at radius 3 is 2.88 bits per heavy atom. The number of thioether (sulfide) groups is 1. The van der Waals surface area contributed by atoms with Crippen LogP contribution in [-0.2, 0) is 4.79 Å². The second-order valence-electron chi connectivity index (χ2n) is 5.48. The van der Waals surface area contributed by atoms with Crippen LogP contribution in [0.2, 0.25) is 0 Å². The molecule has 4 rings (SSSR count). The Morgan fingerprint density at radius 1 is 1.35 bits per heavy atom. The molecule has 9 heteroatoms. The number of nitrogens with zero attached hydrogens (tertiary/aromatic N) is 3. The predicted molar refractivity (Wildman–Crippen MR) is 98.8 cm³/mol. The highest BCUT2D eigenvalue weighted by molar-refractivity contribution is 8.00. The average molecular weight is 384 g/mol. The molecular formula is C17H12N4O3S2. The van der Waals surface area contributed by atoms with E-state index in [1.54, 1.807) is 18.2 Å². The van der Waals surface area contributed by atoms with Crippen molar-refractivity contribution >= 4 is 45.0 Å². The molecule has 1 aliphatic heterocycles. The maximum atomic E-state index is 12.1. The standard InChI is InChI=1S/C17H12N4O3S2/c1-9-6-26-17(19-9)21-15(22)7-25-16-11(5-18)2-10-3-13-14(24-8-23-13)4-12(10)20-16/h2-4,6H,7-8H2,1H3,(H,19,21,22). The fraction of sp³-hybridized carbons (Fsp3) is 0.176. The van der Waals surface area contributed by atoms with Gasteiger partial charge in [-0.1, -0.05) is 11.8 Å². The normalized spacial score (nSPS) is 12.2. The van der Waals surface area contributed by atoms with Gasteiger partial charge in [-0.2, -0.15) is 5.26 Å². The third-order valence-electron chi connectivity index (χ3n) is 3.60. The molecule has 3 aromatic rings. The van der Waals surface area contributed by atoms with E-state index in [9.17, 15) is 10.1 Å². The summed E-state index contributed by atoms with van der Waals surface area (Å²) in [5, 5.41) is 15.9. The number of fused-ring (bicyclic) bond motifs is 2. The average Bonchev–Trinajstić information content (AvgIpc) is 3.25. The molecule has 0 radical (unpaired) electrons. The molecule has 130 valence electrons. The maximum absolute atomic E-state index is 12.1. The molecule has 1 aromatic carbocycles. The Hall–Kier alpha value is -2.83. The van der Waals surface area contributed by atoms with E-state index in [1.165, 1.54) is 23.1 Å². The molecule has 3 heterocycles. The molecule has 0 bridgehead atoms. The largest absolute Gasteiger partial charge is 0.454 e. The Kier molecular flexibility index (Phi) is 4.36. The number of nitriles is 1. The summed E-state index contributed by atoms with van der Waals surface area (Å²) in [6, 6.07) is 7.46. The fourth-order valence-electron chi connectivity index (χ4n) is 2.44. The zero-order valence-electron chi connectivity index (χ0n) is 13.6. The lowest BCUT2D eigenvalue weighted by molar-refractivity contribution is -0.113. The van der Waals surface area contributed by atoms with Gasteiger partial charge in [-0.15, -0.1) is 11.3 Å². The Balaban J connectivity index is 1.54. The van der Waals surface area contributed by atoms with Gasteiger partial charge in [0.15, 0.2) is 16.6 Å². The zero-order chi connectivity index (χ0) is 18.1. The first-order valence-corrected chi connectivity index (χ1v) is 9.48. The van der Waals surface area contributed by atoms with Crippen LogP contribution in [0.1, 0.15) is 11.3 Å². The smallest absolute Gasteiger partial charge is 0.236 e. The number of amides is 1. The number of carbonyl (C=O) groups excluding carboxylic acids is 1. The molecule has 1 amide bonds. The number of benzene rings is 1. The minimum absolute atomic E-state index is 0.135. The van der Waals surface area contributed by atoms with Crippen LogP contribution in [0.4, 0.5) is 5.13 Å². The van der Waals surface area contributed by atoms with Crippen LogP contribution in [-0.4, -0.2) is 28.4 Å². The number of rotatable bonds is 4. The molecule has 0 fully saturated rings. The van der Waals surface area contributed by atoms with E-state index < -0.39 is 0 Å². The summed E-state index contributed by atoms with van der Waals surface area (Å²) in [6.07, 6.45) is 0. The number of carbonyl (C=O) groups is 1. The van der Waals surface area contributed by atoms with E-state index in [-0.39, 0.29) is 18.5 Å². The van der Waals surface area contributed by atoms with E-state index in [0.717, 1.165) is 11.1 Å². The summed E-state index contributed by atoms with van der Waals surface area (Å²) < 4.78 is 10.7. The molecule has 0 saturated heterocycles. The molecule has 0 aliphatic carbocycles. The highest BCUT2D eigenvalue weighted by Gasteiger charge is 2.17. The van der Waals surface area contributed by atoms with Gasteiger partial charge >= 0.3 is 0 Å². The summed E-state index contributed by atoms with van der Waals surface area (Å²) in [6.45, 7) is 2.04. The second-order valence-corrected chi connectivity index (χ2v) is 7.30. The summed E-state index contributed by atoms with van der Waals surface area (Å²) in [4.78, 5) is 20.8. The Labute approximate surface area is 157 Å². The molecule has 0 saturated carbocycles. The van der Waals surface area contributed by atoms with Crippen molar-refractivity contribution in [3.63, 3.8) is 0 Å². The van der Waals surface area contributed by atoms with Crippen LogP contribution in [0.5, 0.6) is 11.5 Å². The van der Waals surface area contributed by atoms with Gasteiger partial charge in [0, 0.05) is 16.8 Å². The summed E-state index contributed by atoms with van der Waals surface area (Å²) in [5.74, 6) is 1.21. The number of hydrogen-bond acceptors (Lipinski definition) is 8. The van der Waals surface area contributed by atoms with Gasteiger partial charge in [0.1, 0.15) is 11.1 Å². The van der Waals surface area contributed by atoms with Crippen molar-refractivity contribution in [2.24, 2.45) is 0 Å². The molecule has 1 aliphatic rings. The molecule has 0 spiro atoms. The van der Waals surface area contributed by atoms with Crippen molar-refractivity contribution in [3.8, 4) is 17.6 Å². The van der Waals surface area contributed by atoms with E-state index in [2.05, 4.69) is 21.4 Å². The summed E-state index contributed by atoms with van der Waals surface area (Å²) in [5.41, 5.74) is 1.96. The number of ether oxygens (including phenoxy) is 2. The van der Waals surface area contributed by atoms with Gasteiger partial charge < -0.3 is 14.8 Å². The number of thiazole rings is 1. The first-order valence-electron chi connectivity index (χ1n) is 7.61. The van der Waals surface area contributed by atoms with Gasteiger partial charge in [0.25, 0.3) is 0 Å². The third kappa shape index (κ3) is 3.29. The minimum Gasteiger partial charge on any atom is -0.454 e. The molecular weight excluding hydrogens is 372 g/mol. The van der Waals surface area contributed by atoms with Gasteiger partial charge in [-0.05, 0) is 19.1 Å². The number of aryl methyl sites for hydroxylation is 1. The first kappa shape index (κ1) is 16.6. The van der Waals surface area contributed by atoms with Crippen molar-refractivity contribution in [2.45, 2.75) is 11.9 Å². The van der Waals surface area contributed by atoms with Gasteiger partial charge in [0.05, 0.1) is 22.5 Å². The van der Waals surface area contributed by atoms with Crippen molar-refractivity contribution < 1.29 is 14.3 Å². The van der Waals surface area contributed by atoms with Crippen molar-refractivity contribution in [3.05, 3.63) is 34.8 Å².